The monoisotopic (exact) mass is 238 g/mol. The van der Waals surface area contributed by atoms with Crippen LogP contribution in [0, 0.1) is 0 Å². The minimum absolute atomic E-state index is 0.206. The standard InChI is InChI=1S/C13H19ClN2/c1-13(15-2)8-5-9-16(10-13)12-7-4-3-6-11(12)14/h3-4,6-7,15H,5,8-10H2,1-2H3. The maximum atomic E-state index is 6.23. The van der Waals surface area contributed by atoms with E-state index in [1.807, 2.05) is 25.2 Å². The quantitative estimate of drug-likeness (QED) is 0.853. The Bertz CT molecular complexity index is 367. The Kier molecular flexibility index (Phi) is 3.41. The summed E-state index contributed by atoms with van der Waals surface area (Å²) in [6.45, 7) is 4.39. The lowest BCUT2D eigenvalue weighted by Crippen LogP contribution is -2.53. The molecule has 1 aliphatic rings. The van der Waals surface area contributed by atoms with Gasteiger partial charge in [0.2, 0.25) is 0 Å². The molecule has 16 heavy (non-hydrogen) atoms. The molecule has 0 radical (unpaired) electrons. The maximum absolute atomic E-state index is 6.23. The Balaban J connectivity index is 2.19. The summed E-state index contributed by atoms with van der Waals surface area (Å²) in [7, 11) is 2.04. The summed E-state index contributed by atoms with van der Waals surface area (Å²) in [4.78, 5) is 2.38. The fourth-order valence-electron chi connectivity index (χ4n) is 2.36. The highest BCUT2D eigenvalue weighted by molar-refractivity contribution is 6.33. The second-order valence-corrected chi connectivity index (χ2v) is 5.19. The molecule has 1 atom stereocenters. The van der Waals surface area contributed by atoms with Gasteiger partial charge in [-0.3, -0.25) is 0 Å². The molecule has 1 fully saturated rings. The van der Waals surface area contributed by atoms with Crippen LogP contribution in [0.4, 0.5) is 5.69 Å². The highest BCUT2D eigenvalue weighted by Gasteiger charge is 2.29. The lowest BCUT2D eigenvalue weighted by atomic mass is 9.91. The second kappa shape index (κ2) is 4.64. The van der Waals surface area contributed by atoms with E-state index >= 15 is 0 Å². The molecule has 2 nitrogen and oxygen atoms in total. The fraction of sp³-hybridized carbons (Fsp3) is 0.538. The molecule has 0 spiro atoms. The first kappa shape index (κ1) is 11.7. The Hall–Kier alpha value is -0.730. The molecule has 1 aromatic carbocycles. The summed E-state index contributed by atoms with van der Waals surface area (Å²) in [5, 5.41) is 4.26. The van der Waals surface area contributed by atoms with E-state index in [9.17, 15) is 0 Å². The van der Waals surface area contributed by atoms with E-state index in [1.165, 1.54) is 12.8 Å². The molecule has 1 unspecified atom stereocenters. The van der Waals surface area contributed by atoms with Crippen LogP contribution in [0.25, 0.3) is 0 Å². The summed E-state index contributed by atoms with van der Waals surface area (Å²) >= 11 is 6.23. The van der Waals surface area contributed by atoms with Crippen LogP contribution in [0.5, 0.6) is 0 Å². The van der Waals surface area contributed by atoms with Crippen molar-refractivity contribution in [1.29, 1.82) is 0 Å². The molecule has 0 aromatic heterocycles. The van der Waals surface area contributed by atoms with Crippen LogP contribution in [0.15, 0.2) is 24.3 Å². The van der Waals surface area contributed by atoms with Crippen LogP contribution in [-0.2, 0) is 0 Å². The van der Waals surface area contributed by atoms with Gasteiger partial charge in [-0.2, -0.15) is 0 Å². The van der Waals surface area contributed by atoms with Gasteiger partial charge in [0, 0.05) is 18.6 Å². The van der Waals surface area contributed by atoms with E-state index in [1.54, 1.807) is 0 Å². The van der Waals surface area contributed by atoms with E-state index in [4.69, 9.17) is 11.6 Å². The Labute approximate surface area is 103 Å². The Morgan fingerprint density at radius 2 is 2.12 bits per heavy atom. The number of para-hydroxylation sites is 1. The van der Waals surface area contributed by atoms with E-state index in [0.29, 0.717) is 0 Å². The molecular formula is C13H19ClN2. The van der Waals surface area contributed by atoms with Gasteiger partial charge in [0.25, 0.3) is 0 Å². The van der Waals surface area contributed by atoms with Crippen LogP contribution in [-0.4, -0.2) is 25.7 Å². The first-order valence-electron chi connectivity index (χ1n) is 5.83. The summed E-state index contributed by atoms with van der Waals surface area (Å²) in [6, 6.07) is 8.09. The van der Waals surface area contributed by atoms with Gasteiger partial charge in [-0.05, 0) is 38.9 Å². The van der Waals surface area contributed by atoms with Gasteiger partial charge >= 0.3 is 0 Å². The molecule has 0 amide bonds. The molecule has 0 bridgehead atoms. The average Bonchev–Trinajstić information content (AvgIpc) is 2.30. The first-order chi connectivity index (χ1) is 7.64. The van der Waals surface area contributed by atoms with Crippen LogP contribution in [0.2, 0.25) is 5.02 Å². The number of rotatable bonds is 2. The third-order valence-electron chi connectivity index (χ3n) is 3.49. The minimum Gasteiger partial charge on any atom is -0.368 e. The number of hydrogen-bond acceptors (Lipinski definition) is 2. The maximum Gasteiger partial charge on any atom is 0.0639 e. The lowest BCUT2D eigenvalue weighted by Gasteiger charge is -2.41. The molecule has 1 aromatic rings. The van der Waals surface area contributed by atoms with Gasteiger partial charge in [-0.1, -0.05) is 23.7 Å². The van der Waals surface area contributed by atoms with Crippen molar-refractivity contribution >= 4 is 17.3 Å². The number of benzene rings is 1. The van der Waals surface area contributed by atoms with Crippen LogP contribution in [0.1, 0.15) is 19.8 Å². The molecule has 3 heteroatoms. The van der Waals surface area contributed by atoms with Crippen LogP contribution >= 0.6 is 11.6 Å². The number of likely N-dealkylation sites (N-methyl/N-ethyl adjacent to an activating group) is 1. The zero-order valence-corrected chi connectivity index (χ0v) is 10.7. The number of anilines is 1. The van der Waals surface area contributed by atoms with Crippen molar-refractivity contribution in [3.05, 3.63) is 29.3 Å². The number of halogens is 1. The number of nitrogens with one attached hydrogen (secondary N) is 1. The second-order valence-electron chi connectivity index (χ2n) is 4.79. The largest absolute Gasteiger partial charge is 0.368 e. The van der Waals surface area contributed by atoms with E-state index in [0.717, 1.165) is 23.8 Å². The number of piperidine rings is 1. The van der Waals surface area contributed by atoms with E-state index < -0.39 is 0 Å². The van der Waals surface area contributed by atoms with Crippen molar-refractivity contribution in [3.8, 4) is 0 Å². The van der Waals surface area contributed by atoms with Crippen molar-refractivity contribution in [1.82, 2.24) is 5.32 Å². The van der Waals surface area contributed by atoms with Crippen molar-refractivity contribution in [2.45, 2.75) is 25.3 Å². The Morgan fingerprint density at radius 3 is 2.81 bits per heavy atom. The zero-order chi connectivity index (χ0) is 11.6. The average molecular weight is 239 g/mol. The molecule has 88 valence electrons. The summed E-state index contributed by atoms with van der Waals surface area (Å²) in [5.74, 6) is 0. The van der Waals surface area contributed by atoms with E-state index in [2.05, 4.69) is 23.2 Å². The normalized spacial score (nSPS) is 25.8. The van der Waals surface area contributed by atoms with Gasteiger partial charge in [-0.15, -0.1) is 0 Å². The highest BCUT2D eigenvalue weighted by atomic mass is 35.5. The van der Waals surface area contributed by atoms with Gasteiger partial charge in [-0.25, -0.2) is 0 Å². The summed E-state index contributed by atoms with van der Waals surface area (Å²) in [6.07, 6.45) is 2.44. The predicted octanol–water partition coefficient (Wildman–Crippen LogP) is 2.92. The third-order valence-corrected chi connectivity index (χ3v) is 3.81. The first-order valence-corrected chi connectivity index (χ1v) is 6.21. The van der Waals surface area contributed by atoms with Crippen molar-refractivity contribution in [2.75, 3.05) is 25.0 Å². The van der Waals surface area contributed by atoms with Crippen LogP contribution < -0.4 is 10.2 Å². The minimum atomic E-state index is 0.206. The molecule has 0 saturated carbocycles. The molecule has 1 aliphatic heterocycles. The van der Waals surface area contributed by atoms with Crippen molar-refractivity contribution < 1.29 is 0 Å². The molecule has 1 saturated heterocycles. The predicted molar refractivity (Wildman–Crippen MR) is 70.4 cm³/mol. The van der Waals surface area contributed by atoms with Gasteiger partial charge in [0.15, 0.2) is 0 Å². The zero-order valence-electron chi connectivity index (χ0n) is 9.96. The van der Waals surface area contributed by atoms with Gasteiger partial charge < -0.3 is 10.2 Å². The van der Waals surface area contributed by atoms with Gasteiger partial charge in [0.1, 0.15) is 0 Å². The molecular weight excluding hydrogens is 220 g/mol. The van der Waals surface area contributed by atoms with Gasteiger partial charge in [0.05, 0.1) is 10.7 Å². The lowest BCUT2D eigenvalue weighted by molar-refractivity contribution is 0.316. The topological polar surface area (TPSA) is 15.3 Å². The van der Waals surface area contributed by atoms with E-state index in [-0.39, 0.29) is 5.54 Å². The van der Waals surface area contributed by atoms with Crippen LogP contribution in [0.3, 0.4) is 0 Å². The molecule has 1 N–H and O–H groups in total. The molecule has 2 rings (SSSR count). The van der Waals surface area contributed by atoms with Crippen molar-refractivity contribution in [3.63, 3.8) is 0 Å². The SMILES string of the molecule is CNC1(C)CCCN(c2ccccc2Cl)C1. The summed E-state index contributed by atoms with van der Waals surface area (Å²) in [5.41, 5.74) is 1.36. The molecule has 1 heterocycles. The Morgan fingerprint density at radius 1 is 1.38 bits per heavy atom. The number of nitrogens with zero attached hydrogens (tertiary/aromatic N) is 1. The van der Waals surface area contributed by atoms with Crippen molar-refractivity contribution in [2.24, 2.45) is 0 Å². The smallest absolute Gasteiger partial charge is 0.0639 e. The summed E-state index contributed by atoms with van der Waals surface area (Å²) < 4.78 is 0. The number of hydrogen-bond donors (Lipinski definition) is 1. The highest BCUT2D eigenvalue weighted by Crippen LogP contribution is 2.30. The third kappa shape index (κ3) is 2.33. The fourth-order valence-corrected chi connectivity index (χ4v) is 2.61. The molecule has 0 aliphatic carbocycles.